The molecule has 2 aromatic heterocycles. The normalized spacial score (nSPS) is 12.3. The lowest BCUT2D eigenvalue weighted by atomic mass is 10.1. The molecule has 0 radical (unpaired) electrons. The SMILES string of the molecule is CC(Nc1ccc(N(C)CCO)cc1)c1cnc2ccsc2c1. The van der Waals surface area contributed by atoms with E-state index < -0.39 is 0 Å². The Balaban J connectivity index is 1.70. The molecule has 0 saturated carbocycles. The molecule has 4 nitrogen and oxygen atoms in total. The van der Waals surface area contributed by atoms with Crippen molar-refractivity contribution in [1.82, 2.24) is 4.98 Å². The highest BCUT2D eigenvalue weighted by atomic mass is 32.1. The molecule has 2 heterocycles. The molecular formula is C18H21N3OS. The van der Waals surface area contributed by atoms with Gasteiger partial charge in [-0.25, -0.2) is 0 Å². The van der Waals surface area contributed by atoms with Crippen molar-refractivity contribution in [2.24, 2.45) is 0 Å². The van der Waals surface area contributed by atoms with Crippen molar-refractivity contribution in [3.8, 4) is 0 Å². The summed E-state index contributed by atoms with van der Waals surface area (Å²) in [4.78, 5) is 6.53. The Hall–Kier alpha value is -2.11. The van der Waals surface area contributed by atoms with Gasteiger partial charge in [0, 0.05) is 31.2 Å². The van der Waals surface area contributed by atoms with Gasteiger partial charge in [0.1, 0.15) is 0 Å². The Kier molecular flexibility index (Phi) is 4.79. The number of aliphatic hydroxyl groups is 1. The van der Waals surface area contributed by atoms with Crippen LogP contribution in [0.4, 0.5) is 11.4 Å². The van der Waals surface area contributed by atoms with Crippen molar-refractivity contribution < 1.29 is 5.11 Å². The van der Waals surface area contributed by atoms with Crippen LogP contribution in [0, 0.1) is 0 Å². The summed E-state index contributed by atoms with van der Waals surface area (Å²) in [6.07, 6.45) is 1.94. The molecule has 1 unspecified atom stereocenters. The third-order valence-electron chi connectivity index (χ3n) is 3.95. The molecule has 0 aliphatic rings. The maximum absolute atomic E-state index is 9.00. The predicted molar refractivity (Wildman–Crippen MR) is 98.5 cm³/mol. The number of thiophene rings is 1. The third-order valence-corrected chi connectivity index (χ3v) is 4.80. The molecule has 3 rings (SSSR count). The van der Waals surface area contributed by atoms with E-state index in [1.54, 1.807) is 11.3 Å². The van der Waals surface area contributed by atoms with Crippen LogP contribution in [-0.2, 0) is 0 Å². The van der Waals surface area contributed by atoms with Crippen molar-refractivity contribution in [1.29, 1.82) is 0 Å². The zero-order valence-corrected chi connectivity index (χ0v) is 14.2. The molecule has 5 heteroatoms. The number of rotatable bonds is 6. The van der Waals surface area contributed by atoms with Crippen LogP contribution in [0.1, 0.15) is 18.5 Å². The highest BCUT2D eigenvalue weighted by molar-refractivity contribution is 7.17. The average Bonchev–Trinajstić information content (AvgIpc) is 3.03. The lowest BCUT2D eigenvalue weighted by Crippen LogP contribution is -2.20. The van der Waals surface area contributed by atoms with Crippen LogP contribution >= 0.6 is 11.3 Å². The molecule has 120 valence electrons. The van der Waals surface area contributed by atoms with Crippen molar-refractivity contribution in [3.63, 3.8) is 0 Å². The number of nitrogens with one attached hydrogen (secondary N) is 1. The number of fused-ring (bicyclic) bond motifs is 1. The quantitative estimate of drug-likeness (QED) is 0.721. The minimum absolute atomic E-state index is 0.158. The summed E-state index contributed by atoms with van der Waals surface area (Å²) in [6.45, 7) is 2.93. The molecule has 2 N–H and O–H groups in total. The van der Waals surface area contributed by atoms with Gasteiger partial charge in [-0.05, 0) is 54.3 Å². The van der Waals surface area contributed by atoms with E-state index in [1.165, 1.54) is 10.3 Å². The Morgan fingerprint density at radius 3 is 2.78 bits per heavy atom. The van der Waals surface area contributed by atoms with Gasteiger partial charge in [-0.1, -0.05) is 0 Å². The van der Waals surface area contributed by atoms with Crippen LogP contribution < -0.4 is 10.2 Å². The van der Waals surface area contributed by atoms with Crippen LogP contribution in [-0.4, -0.2) is 30.3 Å². The fraction of sp³-hybridized carbons (Fsp3) is 0.278. The molecule has 0 aliphatic carbocycles. The molecular weight excluding hydrogens is 306 g/mol. The Morgan fingerprint density at radius 1 is 1.26 bits per heavy atom. The summed E-state index contributed by atoms with van der Waals surface area (Å²) in [6, 6.07) is 12.7. The monoisotopic (exact) mass is 327 g/mol. The molecule has 1 atom stereocenters. The van der Waals surface area contributed by atoms with E-state index >= 15 is 0 Å². The standard InChI is InChI=1S/C18H21N3OS/c1-13(14-11-18-17(19-12-14)7-10-23-18)20-15-3-5-16(6-4-15)21(2)8-9-22/h3-7,10-13,20,22H,8-9H2,1-2H3. The number of benzene rings is 1. The van der Waals surface area contributed by atoms with Gasteiger partial charge in [-0.3, -0.25) is 4.98 Å². The van der Waals surface area contributed by atoms with Gasteiger partial charge in [0.15, 0.2) is 0 Å². The van der Waals surface area contributed by atoms with Crippen molar-refractivity contribution in [3.05, 3.63) is 53.5 Å². The van der Waals surface area contributed by atoms with Gasteiger partial charge < -0.3 is 15.3 Å². The van der Waals surface area contributed by atoms with Crippen LogP contribution in [0.2, 0.25) is 0 Å². The van der Waals surface area contributed by atoms with Crippen LogP contribution in [0.3, 0.4) is 0 Å². The van der Waals surface area contributed by atoms with Crippen molar-refractivity contribution in [2.75, 3.05) is 30.4 Å². The number of aromatic nitrogens is 1. The number of likely N-dealkylation sites (N-methyl/N-ethyl adjacent to an activating group) is 1. The largest absolute Gasteiger partial charge is 0.395 e. The lowest BCUT2D eigenvalue weighted by molar-refractivity contribution is 0.304. The second kappa shape index (κ2) is 6.98. The fourth-order valence-electron chi connectivity index (χ4n) is 2.52. The summed E-state index contributed by atoms with van der Waals surface area (Å²) in [5, 5.41) is 14.6. The number of pyridine rings is 1. The molecule has 1 aromatic carbocycles. The highest BCUT2D eigenvalue weighted by Gasteiger charge is 2.08. The van der Waals surface area contributed by atoms with Gasteiger partial charge in [0.25, 0.3) is 0 Å². The molecule has 23 heavy (non-hydrogen) atoms. The number of hydrogen-bond donors (Lipinski definition) is 2. The Morgan fingerprint density at radius 2 is 2.04 bits per heavy atom. The molecule has 0 aliphatic heterocycles. The van der Waals surface area contributed by atoms with Crippen molar-refractivity contribution >= 4 is 32.9 Å². The van der Waals surface area contributed by atoms with Gasteiger partial charge >= 0.3 is 0 Å². The molecule has 3 aromatic rings. The Bertz CT molecular complexity index is 769. The van der Waals surface area contributed by atoms with E-state index in [9.17, 15) is 0 Å². The maximum Gasteiger partial charge on any atom is 0.0809 e. The maximum atomic E-state index is 9.00. The molecule has 0 spiro atoms. The number of nitrogens with zero attached hydrogens (tertiary/aromatic N) is 2. The topological polar surface area (TPSA) is 48.4 Å². The molecule has 0 fully saturated rings. The first-order valence-electron chi connectivity index (χ1n) is 7.69. The fourth-order valence-corrected chi connectivity index (χ4v) is 3.31. The van der Waals surface area contributed by atoms with Gasteiger partial charge in [0.2, 0.25) is 0 Å². The molecule has 0 saturated heterocycles. The minimum Gasteiger partial charge on any atom is -0.395 e. The van der Waals surface area contributed by atoms with E-state index in [0.717, 1.165) is 16.9 Å². The third kappa shape index (κ3) is 3.63. The van der Waals surface area contributed by atoms with E-state index in [-0.39, 0.29) is 12.6 Å². The van der Waals surface area contributed by atoms with E-state index in [2.05, 4.69) is 52.9 Å². The lowest BCUT2D eigenvalue weighted by Gasteiger charge is -2.19. The zero-order valence-electron chi connectivity index (χ0n) is 13.4. The second-order valence-corrected chi connectivity index (χ2v) is 6.58. The van der Waals surface area contributed by atoms with Crippen LogP contribution in [0.5, 0.6) is 0 Å². The van der Waals surface area contributed by atoms with Gasteiger partial charge in [-0.15, -0.1) is 11.3 Å². The Labute approximate surface area is 140 Å². The smallest absolute Gasteiger partial charge is 0.0809 e. The predicted octanol–water partition coefficient (Wildman–Crippen LogP) is 3.90. The number of hydrogen-bond acceptors (Lipinski definition) is 5. The van der Waals surface area contributed by atoms with Crippen LogP contribution in [0.25, 0.3) is 10.2 Å². The molecule has 0 amide bonds. The van der Waals surface area contributed by atoms with E-state index in [1.807, 2.05) is 24.2 Å². The average molecular weight is 327 g/mol. The first-order chi connectivity index (χ1) is 11.2. The summed E-state index contributed by atoms with van der Waals surface area (Å²) in [5.74, 6) is 0. The minimum atomic E-state index is 0.158. The van der Waals surface area contributed by atoms with Gasteiger partial charge in [0.05, 0.1) is 22.9 Å². The second-order valence-electron chi connectivity index (χ2n) is 5.63. The number of aliphatic hydroxyl groups excluding tert-OH is 1. The van der Waals surface area contributed by atoms with Crippen LogP contribution in [0.15, 0.2) is 48.0 Å². The summed E-state index contributed by atoms with van der Waals surface area (Å²) in [7, 11) is 1.98. The van der Waals surface area contributed by atoms with Crippen molar-refractivity contribution in [2.45, 2.75) is 13.0 Å². The summed E-state index contributed by atoms with van der Waals surface area (Å²) < 4.78 is 1.22. The summed E-state index contributed by atoms with van der Waals surface area (Å²) >= 11 is 1.72. The zero-order chi connectivity index (χ0) is 16.2. The summed E-state index contributed by atoms with van der Waals surface area (Å²) in [5.41, 5.74) is 4.41. The number of anilines is 2. The first-order valence-corrected chi connectivity index (χ1v) is 8.57. The molecule has 0 bridgehead atoms. The van der Waals surface area contributed by atoms with Gasteiger partial charge in [-0.2, -0.15) is 0 Å². The van der Waals surface area contributed by atoms with E-state index in [0.29, 0.717) is 6.54 Å². The highest BCUT2D eigenvalue weighted by Crippen LogP contribution is 2.25. The van der Waals surface area contributed by atoms with E-state index in [4.69, 9.17) is 5.11 Å². The first kappa shape index (κ1) is 15.8.